The highest BCUT2D eigenvalue weighted by molar-refractivity contribution is 5.95. The van der Waals surface area contributed by atoms with E-state index < -0.39 is 28.5 Å². The Labute approximate surface area is 103 Å². The van der Waals surface area contributed by atoms with E-state index in [0.29, 0.717) is 0 Å². The van der Waals surface area contributed by atoms with Crippen molar-refractivity contribution in [2.24, 2.45) is 0 Å². The van der Waals surface area contributed by atoms with Crippen molar-refractivity contribution in [3.05, 3.63) is 51.7 Å². The van der Waals surface area contributed by atoms with Gasteiger partial charge in [-0.3, -0.25) is 18.7 Å². The predicted octanol–water partition coefficient (Wildman–Crippen LogP) is 0.290. The van der Waals surface area contributed by atoms with Crippen LogP contribution >= 0.6 is 0 Å². The Kier molecular flexibility index (Phi) is 4.04. The van der Waals surface area contributed by atoms with Gasteiger partial charge in [0.25, 0.3) is 5.56 Å². The van der Waals surface area contributed by atoms with Gasteiger partial charge in [-0.05, 0) is 6.92 Å². The molecule has 1 N–H and O–H groups in total. The van der Waals surface area contributed by atoms with Crippen molar-refractivity contribution < 1.29 is 9.90 Å². The van der Waals surface area contributed by atoms with E-state index in [9.17, 15) is 19.5 Å². The Bertz CT molecular complexity index is 622. The third-order valence-electron chi connectivity index (χ3n) is 2.38. The molecule has 0 aliphatic carbocycles. The van der Waals surface area contributed by atoms with E-state index >= 15 is 0 Å². The fraction of sp³-hybridized carbons (Fsp3) is 0.250. The first kappa shape index (κ1) is 13.7. The monoisotopic (exact) mass is 250 g/mol. The van der Waals surface area contributed by atoms with Crippen molar-refractivity contribution in [2.75, 3.05) is 0 Å². The first-order valence-corrected chi connectivity index (χ1v) is 5.25. The lowest BCUT2D eigenvalue weighted by Gasteiger charge is -2.12. The molecule has 0 saturated carbocycles. The molecule has 0 bridgehead atoms. The zero-order chi connectivity index (χ0) is 13.9. The van der Waals surface area contributed by atoms with Crippen LogP contribution in [-0.2, 0) is 13.1 Å². The maximum absolute atomic E-state index is 11.9. The molecule has 96 valence electrons. The number of rotatable bonds is 5. The Morgan fingerprint density at radius 1 is 1.22 bits per heavy atom. The summed E-state index contributed by atoms with van der Waals surface area (Å²) in [6, 6.07) is 0. The lowest BCUT2D eigenvalue weighted by molar-refractivity contribution is 0.101. The highest BCUT2D eigenvalue weighted by Gasteiger charge is 2.20. The molecule has 0 atom stereocenters. The molecule has 18 heavy (non-hydrogen) atoms. The molecule has 1 rings (SSSR count). The molecule has 0 aliphatic heterocycles. The third-order valence-corrected chi connectivity index (χ3v) is 2.38. The number of aromatic hydroxyl groups is 1. The summed E-state index contributed by atoms with van der Waals surface area (Å²) in [5.74, 6) is -1.23. The molecule has 0 fully saturated rings. The first-order valence-electron chi connectivity index (χ1n) is 5.25. The number of aromatic nitrogens is 2. The van der Waals surface area contributed by atoms with Crippen LogP contribution in [0.2, 0.25) is 0 Å². The number of hydrogen-bond acceptors (Lipinski definition) is 4. The summed E-state index contributed by atoms with van der Waals surface area (Å²) < 4.78 is 1.75. The molecule has 6 nitrogen and oxygen atoms in total. The summed E-state index contributed by atoms with van der Waals surface area (Å²) in [6.45, 7) is 8.00. The van der Waals surface area contributed by atoms with Crippen LogP contribution in [-0.4, -0.2) is 20.0 Å². The van der Waals surface area contributed by atoms with Gasteiger partial charge in [-0.25, -0.2) is 4.79 Å². The minimum absolute atomic E-state index is 0.00235. The van der Waals surface area contributed by atoms with Crippen LogP contribution in [0.3, 0.4) is 0 Å². The number of carbonyl (C=O) groups is 1. The van der Waals surface area contributed by atoms with E-state index in [0.717, 1.165) is 16.1 Å². The zero-order valence-corrected chi connectivity index (χ0v) is 10.0. The van der Waals surface area contributed by atoms with Crippen LogP contribution in [0.25, 0.3) is 0 Å². The van der Waals surface area contributed by atoms with Gasteiger partial charge in [0.15, 0.2) is 5.78 Å². The Balaban J connectivity index is 3.81. The van der Waals surface area contributed by atoms with E-state index in [2.05, 4.69) is 13.2 Å². The fourth-order valence-electron chi connectivity index (χ4n) is 1.58. The van der Waals surface area contributed by atoms with Gasteiger partial charge in [0.05, 0.1) is 0 Å². The standard InChI is InChI=1S/C12H14N2O4/c1-4-6-13-10(16)9(8(3)15)11(17)14(7-5-2)12(13)18/h4-5,16H,1-2,6-7H2,3H3. The van der Waals surface area contributed by atoms with Gasteiger partial charge >= 0.3 is 5.69 Å². The van der Waals surface area contributed by atoms with Crippen LogP contribution in [0.4, 0.5) is 0 Å². The molecule has 0 amide bonds. The Hall–Kier alpha value is -2.37. The number of carbonyl (C=O) groups excluding carboxylic acids is 1. The number of hydrogen-bond donors (Lipinski definition) is 1. The fourth-order valence-corrected chi connectivity index (χ4v) is 1.58. The van der Waals surface area contributed by atoms with Crippen molar-refractivity contribution in [1.82, 2.24) is 9.13 Å². The van der Waals surface area contributed by atoms with Crippen LogP contribution < -0.4 is 11.2 Å². The smallest absolute Gasteiger partial charge is 0.334 e. The highest BCUT2D eigenvalue weighted by Crippen LogP contribution is 2.11. The van der Waals surface area contributed by atoms with Crippen LogP contribution in [0.15, 0.2) is 34.9 Å². The summed E-state index contributed by atoms with van der Waals surface area (Å²) in [5, 5.41) is 9.80. The molecular formula is C12H14N2O4. The average Bonchev–Trinajstić information content (AvgIpc) is 2.30. The van der Waals surface area contributed by atoms with E-state index in [-0.39, 0.29) is 13.1 Å². The normalized spacial score (nSPS) is 10.1. The van der Waals surface area contributed by atoms with Gasteiger partial charge in [0, 0.05) is 13.1 Å². The quantitative estimate of drug-likeness (QED) is 0.601. The van der Waals surface area contributed by atoms with Gasteiger partial charge in [0.2, 0.25) is 5.88 Å². The van der Waals surface area contributed by atoms with Crippen LogP contribution in [0.5, 0.6) is 5.88 Å². The zero-order valence-electron chi connectivity index (χ0n) is 10.0. The molecule has 0 aliphatic rings. The molecule has 6 heteroatoms. The second kappa shape index (κ2) is 5.31. The summed E-state index contributed by atoms with van der Waals surface area (Å²) in [6.07, 6.45) is 2.75. The number of allylic oxidation sites excluding steroid dienone is 2. The van der Waals surface area contributed by atoms with Crippen LogP contribution in [0.1, 0.15) is 17.3 Å². The highest BCUT2D eigenvalue weighted by atomic mass is 16.3. The maximum Gasteiger partial charge on any atom is 0.334 e. The maximum atomic E-state index is 11.9. The van der Waals surface area contributed by atoms with Gasteiger partial charge in [-0.15, -0.1) is 13.2 Å². The van der Waals surface area contributed by atoms with Crippen LogP contribution in [0, 0.1) is 0 Å². The molecule has 0 unspecified atom stereocenters. The molecule has 0 aromatic carbocycles. The van der Waals surface area contributed by atoms with E-state index in [1.54, 1.807) is 0 Å². The lowest BCUT2D eigenvalue weighted by Crippen LogP contribution is -2.42. The lowest BCUT2D eigenvalue weighted by atomic mass is 10.2. The van der Waals surface area contributed by atoms with Gasteiger partial charge < -0.3 is 5.11 Å². The minimum atomic E-state index is -0.815. The van der Waals surface area contributed by atoms with E-state index in [1.165, 1.54) is 12.2 Å². The second-order valence-corrected chi connectivity index (χ2v) is 3.64. The van der Waals surface area contributed by atoms with Crippen molar-refractivity contribution in [3.63, 3.8) is 0 Å². The summed E-state index contributed by atoms with van der Waals surface area (Å²) in [4.78, 5) is 35.2. The summed E-state index contributed by atoms with van der Waals surface area (Å²) in [5.41, 5.74) is -1.93. The number of Topliss-reactive ketones (excluding diaryl/α,β-unsaturated/α-hetero) is 1. The summed E-state index contributed by atoms with van der Waals surface area (Å²) in [7, 11) is 0. The van der Waals surface area contributed by atoms with Crippen molar-refractivity contribution in [1.29, 1.82) is 0 Å². The molecule has 0 spiro atoms. The Morgan fingerprint density at radius 3 is 2.17 bits per heavy atom. The van der Waals surface area contributed by atoms with E-state index in [4.69, 9.17) is 0 Å². The molecule has 1 aromatic heterocycles. The molecule has 1 aromatic rings. The van der Waals surface area contributed by atoms with Gasteiger partial charge in [-0.2, -0.15) is 0 Å². The van der Waals surface area contributed by atoms with Crippen molar-refractivity contribution >= 4 is 5.78 Å². The number of nitrogens with zero attached hydrogens (tertiary/aromatic N) is 2. The second-order valence-electron chi connectivity index (χ2n) is 3.64. The summed E-state index contributed by atoms with van der Waals surface area (Å²) >= 11 is 0. The SMILES string of the molecule is C=CCn1c(O)c(C(C)=O)c(=O)n(CC=C)c1=O. The molecule has 0 radical (unpaired) electrons. The minimum Gasteiger partial charge on any atom is -0.494 e. The third kappa shape index (κ3) is 2.17. The number of ketones is 1. The predicted molar refractivity (Wildman–Crippen MR) is 67.0 cm³/mol. The largest absolute Gasteiger partial charge is 0.494 e. The van der Waals surface area contributed by atoms with Crippen molar-refractivity contribution in [3.8, 4) is 5.88 Å². The molecule has 0 saturated heterocycles. The van der Waals surface area contributed by atoms with Crippen molar-refractivity contribution in [2.45, 2.75) is 20.0 Å². The molecule has 1 heterocycles. The average molecular weight is 250 g/mol. The first-order chi connectivity index (χ1) is 8.45. The van der Waals surface area contributed by atoms with E-state index in [1.807, 2.05) is 0 Å². The Morgan fingerprint density at radius 2 is 1.72 bits per heavy atom. The van der Waals surface area contributed by atoms with Gasteiger partial charge in [0.1, 0.15) is 5.56 Å². The topological polar surface area (TPSA) is 81.3 Å². The van der Waals surface area contributed by atoms with Gasteiger partial charge in [-0.1, -0.05) is 12.2 Å². The molecular weight excluding hydrogens is 236 g/mol.